The third-order valence-corrected chi connectivity index (χ3v) is 1.94. The molecule has 0 aliphatic rings. The number of halogens is 1. The Morgan fingerprint density at radius 2 is 2.29 bits per heavy atom. The summed E-state index contributed by atoms with van der Waals surface area (Å²) in [5.74, 6) is -1.15. The average molecular weight is 244 g/mol. The van der Waals surface area contributed by atoms with Crippen molar-refractivity contribution in [3.8, 4) is 6.01 Å². The largest absolute Gasteiger partial charge is 0.468 e. The first-order valence-electron chi connectivity index (χ1n) is 4.96. The summed E-state index contributed by atoms with van der Waals surface area (Å²) >= 11 is 0. The molecule has 17 heavy (non-hydrogen) atoms. The molecule has 0 aliphatic carbocycles. The molecule has 0 saturated heterocycles. The first kappa shape index (κ1) is 13.1. The van der Waals surface area contributed by atoms with Crippen molar-refractivity contribution in [1.82, 2.24) is 9.55 Å². The molecule has 1 atom stereocenters. The van der Waals surface area contributed by atoms with Crippen LogP contribution < -0.4 is 10.3 Å². The minimum atomic E-state index is -2.26. The van der Waals surface area contributed by atoms with E-state index in [1.165, 1.54) is 14.0 Å². The molecule has 1 heterocycles. The van der Waals surface area contributed by atoms with Gasteiger partial charge in [-0.1, -0.05) is 0 Å². The monoisotopic (exact) mass is 244 g/mol. The van der Waals surface area contributed by atoms with Gasteiger partial charge in [0.15, 0.2) is 0 Å². The van der Waals surface area contributed by atoms with Crippen molar-refractivity contribution in [3.63, 3.8) is 0 Å². The second-order valence-corrected chi connectivity index (χ2v) is 3.18. The standard InChI is InChI=1S/C10H13FN2O4/c1-4-17-9(15)8(11)13-7(14)5-6(2)12-10(13)16-3/h5,8H,4H2,1-3H3. The number of alkyl halides is 1. The molecular formula is C10H13FN2O4. The lowest BCUT2D eigenvalue weighted by Gasteiger charge is -2.13. The minimum absolute atomic E-state index is 0.0234. The SMILES string of the molecule is CCOC(=O)C(F)n1c(OC)nc(C)cc1=O. The molecular weight excluding hydrogens is 231 g/mol. The van der Waals surface area contributed by atoms with E-state index in [-0.39, 0.29) is 12.6 Å². The Morgan fingerprint density at radius 1 is 1.65 bits per heavy atom. The van der Waals surface area contributed by atoms with Crippen molar-refractivity contribution in [2.45, 2.75) is 20.1 Å². The summed E-state index contributed by atoms with van der Waals surface area (Å²) in [7, 11) is 1.23. The topological polar surface area (TPSA) is 70.4 Å². The third kappa shape index (κ3) is 2.80. The lowest BCUT2D eigenvalue weighted by molar-refractivity contribution is -0.153. The first-order valence-corrected chi connectivity index (χ1v) is 4.96. The molecule has 0 amide bonds. The molecule has 94 valence electrons. The zero-order valence-electron chi connectivity index (χ0n) is 9.77. The molecule has 0 aliphatic heterocycles. The maximum atomic E-state index is 13.7. The summed E-state index contributed by atoms with van der Waals surface area (Å²) in [6.07, 6.45) is -2.26. The highest BCUT2D eigenvalue weighted by Crippen LogP contribution is 2.15. The van der Waals surface area contributed by atoms with Gasteiger partial charge in [0.05, 0.1) is 13.7 Å². The van der Waals surface area contributed by atoms with Crippen molar-refractivity contribution >= 4 is 5.97 Å². The fourth-order valence-electron chi connectivity index (χ4n) is 1.25. The number of hydrogen-bond donors (Lipinski definition) is 0. The van der Waals surface area contributed by atoms with Crippen LogP contribution in [-0.4, -0.2) is 29.2 Å². The van der Waals surface area contributed by atoms with E-state index in [9.17, 15) is 14.0 Å². The summed E-state index contributed by atoms with van der Waals surface area (Å²) < 4.78 is 23.5. The van der Waals surface area contributed by atoms with Gasteiger partial charge in [-0.25, -0.2) is 18.7 Å². The van der Waals surface area contributed by atoms with E-state index >= 15 is 0 Å². The summed E-state index contributed by atoms with van der Waals surface area (Å²) in [5, 5.41) is 0. The maximum Gasteiger partial charge on any atom is 0.362 e. The van der Waals surface area contributed by atoms with E-state index < -0.39 is 17.8 Å². The lowest BCUT2D eigenvalue weighted by Crippen LogP contribution is -2.30. The molecule has 0 radical (unpaired) electrons. The number of aromatic nitrogens is 2. The molecule has 0 bridgehead atoms. The highest BCUT2D eigenvalue weighted by atomic mass is 19.1. The number of ether oxygens (including phenoxy) is 2. The Balaban J connectivity index is 3.21. The maximum absolute atomic E-state index is 13.7. The van der Waals surface area contributed by atoms with E-state index in [1.54, 1.807) is 6.92 Å². The van der Waals surface area contributed by atoms with Gasteiger partial charge in [0.25, 0.3) is 11.9 Å². The smallest absolute Gasteiger partial charge is 0.362 e. The Labute approximate surface area is 97.0 Å². The average Bonchev–Trinajstić information content (AvgIpc) is 2.27. The summed E-state index contributed by atoms with van der Waals surface area (Å²) in [6, 6.07) is 0.837. The van der Waals surface area contributed by atoms with E-state index in [0.29, 0.717) is 10.3 Å². The van der Waals surface area contributed by atoms with Crippen molar-refractivity contribution in [2.75, 3.05) is 13.7 Å². The summed E-state index contributed by atoms with van der Waals surface area (Å²) in [5.41, 5.74) is -0.339. The number of esters is 1. The normalized spacial score (nSPS) is 12.0. The molecule has 0 aromatic carbocycles. The molecule has 1 unspecified atom stereocenters. The molecule has 1 rings (SSSR count). The van der Waals surface area contributed by atoms with Gasteiger partial charge in [0.2, 0.25) is 0 Å². The number of nitrogens with zero attached hydrogens (tertiary/aromatic N) is 2. The lowest BCUT2D eigenvalue weighted by atomic mass is 10.4. The van der Waals surface area contributed by atoms with Gasteiger partial charge in [-0.15, -0.1) is 0 Å². The van der Waals surface area contributed by atoms with Crippen molar-refractivity contribution < 1.29 is 18.7 Å². The number of hydrogen-bond acceptors (Lipinski definition) is 5. The van der Waals surface area contributed by atoms with Crippen LogP contribution in [0, 0.1) is 6.92 Å². The molecule has 0 N–H and O–H groups in total. The van der Waals surface area contributed by atoms with Crippen LogP contribution in [0.1, 0.15) is 18.9 Å². The van der Waals surface area contributed by atoms with Crippen LogP contribution in [0.25, 0.3) is 0 Å². The Morgan fingerprint density at radius 3 is 2.82 bits per heavy atom. The Bertz CT molecular complexity index is 472. The van der Waals surface area contributed by atoms with Crippen LogP contribution in [0.5, 0.6) is 6.01 Å². The van der Waals surface area contributed by atoms with Gasteiger partial charge in [-0.2, -0.15) is 0 Å². The molecule has 1 aromatic heterocycles. The second-order valence-electron chi connectivity index (χ2n) is 3.18. The van der Waals surface area contributed by atoms with Gasteiger partial charge in [0.1, 0.15) is 0 Å². The molecule has 7 heteroatoms. The number of carbonyl (C=O) groups is 1. The third-order valence-electron chi connectivity index (χ3n) is 1.94. The van der Waals surface area contributed by atoms with Crippen LogP contribution >= 0.6 is 0 Å². The summed E-state index contributed by atoms with van der Waals surface area (Å²) in [6.45, 7) is 3.12. The van der Waals surface area contributed by atoms with E-state index in [1.807, 2.05) is 0 Å². The number of methoxy groups -OCH3 is 1. The first-order chi connectivity index (χ1) is 8.01. The minimum Gasteiger partial charge on any atom is -0.468 e. The fraction of sp³-hybridized carbons (Fsp3) is 0.500. The van der Waals surface area contributed by atoms with Gasteiger partial charge in [-0.3, -0.25) is 4.79 Å². The highest BCUT2D eigenvalue weighted by molar-refractivity contribution is 5.72. The number of aryl methyl sites for hydroxylation is 1. The molecule has 0 spiro atoms. The van der Waals surface area contributed by atoms with Gasteiger partial charge < -0.3 is 9.47 Å². The van der Waals surface area contributed by atoms with E-state index in [2.05, 4.69) is 9.72 Å². The predicted octanol–water partition coefficient (Wildman–Crippen LogP) is 0.592. The Hall–Kier alpha value is -1.92. The van der Waals surface area contributed by atoms with Crippen molar-refractivity contribution in [2.24, 2.45) is 0 Å². The van der Waals surface area contributed by atoms with Crippen molar-refractivity contribution in [3.05, 3.63) is 22.1 Å². The highest BCUT2D eigenvalue weighted by Gasteiger charge is 2.25. The van der Waals surface area contributed by atoms with E-state index in [4.69, 9.17) is 4.74 Å². The van der Waals surface area contributed by atoms with E-state index in [0.717, 1.165) is 6.07 Å². The second kappa shape index (κ2) is 5.42. The van der Waals surface area contributed by atoms with Crippen LogP contribution in [0.15, 0.2) is 10.9 Å². The predicted molar refractivity (Wildman–Crippen MR) is 56.6 cm³/mol. The van der Waals surface area contributed by atoms with Crippen molar-refractivity contribution in [1.29, 1.82) is 0 Å². The van der Waals surface area contributed by atoms with Gasteiger partial charge in [-0.05, 0) is 13.8 Å². The Kier molecular flexibility index (Phi) is 4.19. The number of carbonyl (C=O) groups excluding carboxylic acids is 1. The molecule has 1 aromatic rings. The summed E-state index contributed by atoms with van der Waals surface area (Å²) in [4.78, 5) is 26.6. The van der Waals surface area contributed by atoms with Crippen LogP contribution in [0.4, 0.5) is 4.39 Å². The zero-order chi connectivity index (χ0) is 13.0. The molecule has 0 fully saturated rings. The zero-order valence-corrected chi connectivity index (χ0v) is 9.77. The fourth-order valence-corrected chi connectivity index (χ4v) is 1.25. The van der Waals surface area contributed by atoms with Crippen LogP contribution in [0.2, 0.25) is 0 Å². The van der Waals surface area contributed by atoms with Gasteiger partial charge >= 0.3 is 12.0 Å². The molecule has 6 nitrogen and oxygen atoms in total. The number of rotatable bonds is 4. The molecule has 0 saturated carbocycles. The quantitative estimate of drug-likeness (QED) is 0.725. The van der Waals surface area contributed by atoms with Crippen LogP contribution in [-0.2, 0) is 9.53 Å². The van der Waals surface area contributed by atoms with Crippen LogP contribution in [0.3, 0.4) is 0 Å². The van der Waals surface area contributed by atoms with Gasteiger partial charge in [0, 0.05) is 11.8 Å².